The van der Waals surface area contributed by atoms with Crippen LogP contribution in [0.3, 0.4) is 0 Å². The molecule has 2 bridgehead atoms. The summed E-state index contributed by atoms with van der Waals surface area (Å²) in [5.41, 5.74) is -2.60. The van der Waals surface area contributed by atoms with E-state index in [2.05, 4.69) is 0 Å². The predicted molar refractivity (Wildman–Crippen MR) is 65.8 cm³/mol. The molecule has 3 rings (SSSR count). The number of alkyl halides is 3. The number of halogens is 3. The topological polar surface area (TPSA) is 26.3 Å². The molecule has 106 valence electrons. The van der Waals surface area contributed by atoms with Crippen LogP contribution in [0.4, 0.5) is 13.2 Å². The van der Waals surface area contributed by atoms with Gasteiger partial charge in [-0.2, -0.15) is 0 Å². The zero-order valence-corrected chi connectivity index (χ0v) is 10.6. The van der Waals surface area contributed by atoms with Gasteiger partial charge in [-0.25, -0.2) is 18.0 Å². The Hall–Kier alpha value is -1.78. The lowest BCUT2D eigenvalue weighted by Gasteiger charge is -2.32. The molecule has 0 aromatic heterocycles. The van der Waals surface area contributed by atoms with Crippen LogP contribution in [0.25, 0.3) is 0 Å². The van der Waals surface area contributed by atoms with E-state index in [4.69, 9.17) is 4.74 Å². The van der Waals surface area contributed by atoms with Crippen LogP contribution in [-0.2, 0) is 16.1 Å². The van der Waals surface area contributed by atoms with Gasteiger partial charge in [0, 0.05) is 11.8 Å². The summed E-state index contributed by atoms with van der Waals surface area (Å²) in [6, 6.07) is 8.58. The third-order valence-electron chi connectivity index (χ3n) is 4.06. The van der Waals surface area contributed by atoms with Crippen LogP contribution in [0.2, 0.25) is 0 Å². The van der Waals surface area contributed by atoms with Crippen LogP contribution < -0.4 is 0 Å². The minimum Gasteiger partial charge on any atom is -0.458 e. The monoisotopic (exact) mass is 282 g/mol. The van der Waals surface area contributed by atoms with Crippen molar-refractivity contribution in [2.24, 2.45) is 11.8 Å². The molecule has 0 amide bonds. The van der Waals surface area contributed by atoms with Gasteiger partial charge in [0.15, 0.2) is 0 Å². The Morgan fingerprint density at radius 2 is 1.80 bits per heavy atom. The number of fused-ring (bicyclic) bond motifs is 2. The van der Waals surface area contributed by atoms with Crippen LogP contribution in [0.1, 0.15) is 12.0 Å². The summed E-state index contributed by atoms with van der Waals surface area (Å²) in [6.45, 7) is -0.206. The van der Waals surface area contributed by atoms with Crippen molar-refractivity contribution in [2.45, 2.75) is 24.6 Å². The summed E-state index contributed by atoms with van der Waals surface area (Å²) in [6.07, 6.45) is 2.60. The van der Waals surface area contributed by atoms with Gasteiger partial charge in [0.05, 0.1) is 0 Å². The van der Waals surface area contributed by atoms with E-state index >= 15 is 0 Å². The molecule has 2 aliphatic rings. The fourth-order valence-electron chi connectivity index (χ4n) is 2.90. The van der Waals surface area contributed by atoms with E-state index < -0.39 is 29.4 Å². The van der Waals surface area contributed by atoms with Gasteiger partial charge < -0.3 is 4.74 Å². The molecule has 0 heterocycles. The minimum absolute atomic E-state index is 0.0378. The quantitative estimate of drug-likeness (QED) is 0.628. The molecule has 2 nitrogen and oxygen atoms in total. The fraction of sp³-hybridized carbons (Fsp3) is 0.400. The van der Waals surface area contributed by atoms with Crippen molar-refractivity contribution in [1.29, 1.82) is 0 Å². The maximum absolute atomic E-state index is 14.6. The molecule has 5 heteroatoms. The molecule has 1 aromatic rings. The zero-order chi connectivity index (χ0) is 14.4. The summed E-state index contributed by atoms with van der Waals surface area (Å²) in [7, 11) is 0. The van der Waals surface area contributed by atoms with Gasteiger partial charge in [-0.05, 0) is 12.0 Å². The molecule has 0 N–H and O–H groups in total. The maximum atomic E-state index is 14.6. The lowest BCUT2D eigenvalue weighted by molar-refractivity contribution is -0.194. The number of carbonyl (C=O) groups is 1. The number of allylic oxidation sites excluding steroid dienone is 2. The zero-order valence-electron chi connectivity index (χ0n) is 10.6. The Balaban J connectivity index is 1.76. The first kappa shape index (κ1) is 13.2. The standard InChI is InChI=1S/C15H13F3O2/c16-14(11-6-7-12(8-11)15(14,17)18)13(19)20-9-10-4-2-1-3-5-10/h1-7,11-12H,8-9H2/t11-,12+,14?/m1/s1. The number of ether oxygens (including phenoxy) is 1. The molecule has 20 heavy (non-hydrogen) atoms. The van der Waals surface area contributed by atoms with Crippen LogP contribution >= 0.6 is 0 Å². The van der Waals surface area contributed by atoms with Crippen molar-refractivity contribution in [2.75, 3.05) is 0 Å². The molecule has 0 spiro atoms. The van der Waals surface area contributed by atoms with E-state index in [0.717, 1.165) is 0 Å². The van der Waals surface area contributed by atoms with Crippen LogP contribution in [0.15, 0.2) is 42.5 Å². The van der Waals surface area contributed by atoms with E-state index in [1.807, 2.05) is 0 Å². The fourth-order valence-corrected chi connectivity index (χ4v) is 2.90. The second-order valence-corrected chi connectivity index (χ2v) is 5.23. The van der Waals surface area contributed by atoms with E-state index in [1.54, 1.807) is 30.3 Å². The largest absolute Gasteiger partial charge is 0.458 e. The first-order valence-electron chi connectivity index (χ1n) is 6.42. The van der Waals surface area contributed by atoms with Crippen molar-refractivity contribution in [3.63, 3.8) is 0 Å². The summed E-state index contributed by atoms with van der Waals surface area (Å²) in [4.78, 5) is 11.8. The minimum atomic E-state index is -3.69. The average Bonchev–Trinajstić information content (AvgIpc) is 3.00. The van der Waals surface area contributed by atoms with Gasteiger partial charge in [0.1, 0.15) is 6.61 Å². The second-order valence-electron chi connectivity index (χ2n) is 5.23. The molecule has 1 unspecified atom stereocenters. The summed E-state index contributed by atoms with van der Waals surface area (Å²) < 4.78 is 47.3. The molecule has 0 aliphatic heterocycles. The average molecular weight is 282 g/mol. The number of esters is 1. The first-order valence-corrected chi connectivity index (χ1v) is 6.42. The summed E-state index contributed by atoms with van der Waals surface area (Å²) >= 11 is 0. The van der Waals surface area contributed by atoms with Crippen molar-refractivity contribution in [3.8, 4) is 0 Å². The molecule has 1 saturated carbocycles. The summed E-state index contributed by atoms with van der Waals surface area (Å²) in [5.74, 6) is -7.46. The van der Waals surface area contributed by atoms with Gasteiger partial charge in [-0.1, -0.05) is 42.5 Å². The number of hydrogen-bond donors (Lipinski definition) is 0. The molecule has 3 atom stereocenters. The van der Waals surface area contributed by atoms with E-state index in [9.17, 15) is 18.0 Å². The van der Waals surface area contributed by atoms with E-state index in [-0.39, 0.29) is 13.0 Å². The van der Waals surface area contributed by atoms with E-state index in [1.165, 1.54) is 12.2 Å². The van der Waals surface area contributed by atoms with Crippen molar-refractivity contribution < 1.29 is 22.7 Å². The van der Waals surface area contributed by atoms with Crippen molar-refractivity contribution >= 4 is 5.97 Å². The molecule has 0 radical (unpaired) electrons. The number of rotatable bonds is 3. The second kappa shape index (κ2) is 4.36. The molecule has 0 saturated heterocycles. The molecular formula is C15H13F3O2. The van der Waals surface area contributed by atoms with Gasteiger partial charge in [0.25, 0.3) is 11.6 Å². The normalized spacial score (nSPS) is 33.4. The Kier molecular flexibility index (Phi) is 2.88. The third kappa shape index (κ3) is 1.69. The highest BCUT2D eigenvalue weighted by molar-refractivity contribution is 5.83. The highest BCUT2D eigenvalue weighted by Crippen LogP contribution is 2.58. The summed E-state index contributed by atoms with van der Waals surface area (Å²) in [5, 5.41) is 0. The van der Waals surface area contributed by atoms with Gasteiger partial charge in [-0.15, -0.1) is 0 Å². The lowest BCUT2D eigenvalue weighted by Crippen LogP contribution is -2.54. The van der Waals surface area contributed by atoms with E-state index in [0.29, 0.717) is 5.56 Å². The first-order chi connectivity index (χ1) is 9.46. The van der Waals surface area contributed by atoms with Gasteiger partial charge in [0.2, 0.25) is 0 Å². The Labute approximate surface area is 114 Å². The van der Waals surface area contributed by atoms with Gasteiger partial charge >= 0.3 is 5.97 Å². The SMILES string of the molecule is O=C(OCc1ccccc1)C1(F)[C@@H]2C=C[C@@H](C2)C1(F)F. The molecule has 1 fully saturated rings. The number of hydrogen-bond acceptors (Lipinski definition) is 2. The Morgan fingerprint density at radius 1 is 1.15 bits per heavy atom. The van der Waals surface area contributed by atoms with Crippen molar-refractivity contribution in [1.82, 2.24) is 0 Å². The van der Waals surface area contributed by atoms with Crippen LogP contribution in [0, 0.1) is 11.8 Å². The Morgan fingerprint density at radius 3 is 2.40 bits per heavy atom. The highest BCUT2D eigenvalue weighted by atomic mass is 19.3. The molecule has 2 aliphatic carbocycles. The van der Waals surface area contributed by atoms with Crippen molar-refractivity contribution in [3.05, 3.63) is 48.0 Å². The third-order valence-corrected chi connectivity index (χ3v) is 4.06. The molecular weight excluding hydrogens is 269 g/mol. The Bertz CT molecular complexity index is 555. The predicted octanol–water partition coefficient (Wildman–Crippen LogP) is 3.28. The lowest BCUT2D eigenvalue weighted by atomic mass is 9.87. The highest BCUT2D eigenvalue weighted by Gasteiger charge is 2.74. The number of carbonyl (C=O) groups excluding carboxylic acids is 1. The van der Waals surface area contributed by atoms with Gasteiger partial charge in [-0.3, -0.25) is 0 Å². The maximum Gasteiger partial charge on any atom is 0.351 e. The number of benzene rings is 1. The smallest absolute Gasteiger partial charge is 0.351 e. The van der Waals surface area contributed by atoms with Crippen LogP contribution in [0.5, 0.6) is 0 Å². The van der Waals surface area contributed by atoms with Crippen LogP contribution in [-0.4, -0.2) is 17.6 Å². The molecule has 1 aromatic carbocycles.